The van der Waals surface area contributed by atoms with Crippen LogP contribution in [0.5, 0.6) is 69.0 Å². The van der Waals surface area contributed by atoms with Crippen molar-refractivity contribution in [3.05, 3.63) is 164 Å². The van der Waals surface area contributed by atoms with Crippen molar-refractivity contribution >= 4 is 64.6 Å². The van der Waals surface area contributed by atoms with Crippen LogP contribution in [0.1, 0.15) is 86.9 Å². The van der Waals surface area contributed by atoms with Gasteiger partial charge in [0.1, 0.15) is 88.7 Å². The minimum Gasteiger partial charge on any atom is -0.508 e. The number of carboxylic acid groups (broad SMARTS) is 1. The van der Waals surface area contributed by atoms with Gasteiger partial charge in [-0.15, -0.1) is 0 Å². The lowest BCUT2D eigenvalue weighted by molar-refractivity contribution is -0.143. The fraction of sp³-hybridized carbons (Fsp3) is 0.183. The second-order valence-electron chi connectivity index (χ2n) is 20.8. The first kappa shape index (κ1) is 59.2. The summed E-state index contributed by atoms with van der Waals surface area (Å²) in [5.74, 6) is -16.1. The Balaban J connectivity index is 1.17. The van der Waals surface area contributed by atoms with Crippen LogP contribution in [-0.4, -0.2) is 107 Å². The number of ether oxygens (including phenoxy) is 3. The van der Waals surface area contributed by atoms with Crippen molar-refractivity contribution in [2.24, 2.45) is 0 Å². The van der Waals surface area contributed by atoms with Gasteiger partial charge in [-0.1, -0.05) is 59.6 Å². The van der Waals surface area contributed by atoms with Crippen LogP contribution >= 0.6 is 23.2 Å². The normalized spacial score (nSPS) is 22.5. The van der Waals surface area contributed by atoms with Crippen molar-refractivity contribution < 1.29 is 93.7 Å². The third-order valence-corrected chi connectivity index (χ3v) is 16.0. The minimum atomic E-state index is -2.28. The van der Waals surface area contributed by atoms with Crippen molar-refractivity contribution in [2.75, 3.05) is 7.05 Å². The van der Waals surface area contributed by atoms with E-state index in [1.54, 1.807) is 0 Å². The molecular formula is C60H49Cl2N7O19. The summed E-state index contributed by atoms with van der Waals surface area (Å²) in [6.07, 6.45) is -4.12. The largest absolute Gasteiger partial charge is 0.508 e. The topological polar surface area (TPSA) is 413 Å². The molecule has 6 aliphatic heterocycles. The molecule has 7 aromatic carbocycles. The molecule has 0 aromatic heterocycles. The van der Waals surface area contributed by atoms with E-state index in [2.05, 4.69) is 37.2 Å². The highest BCUT2D eigenvalue weighted by atomic mass is 35.5. The Kier molecular flexibility index (Phi) is 15.5. The zero-order chi connectivity index (χ0) is 62.9. The third-order valence-electron chi connectivity index (χ3n) is 15.3. The van der Waals surface area contributed by atoms with Crippen LogP contribution in [0.4, 0.5) is 0 Å². The third kappa shape index (κ3) is 10.7. The van der Waals surface area contributed by atoms with Crippen LogP contribution in [0.15, 0.2) is 109 Å². The number of aliphatic carboxylic acids is 1. The number of nitrogens with one attached hydrogen (secondary N) is 7. The first-order chi connectivity index (χ1) is 41.9. The molecule has 28 heteroatoms. The van der Waals surface area contributed by atoms with Crippen LogP contribution < -0.4 is 51.4 Å². The van der Waals surface area contributed by atoms with E-state index in [1.807, 2.05) is 0 Å². The van der Waals surface area contributed by atoms with Gasteiger partial charge in [-0.3, -0.25) is 28.8 Å². The van der Waals surface area contributed by atoms with Gasteiger partial charge in [-0.2, -0.15) is 0 Å². The summed E-state index contributed by atoms with van der Waals surface area (Å²) in [7, 11) is 1.41. The molecule has 26 nitrogen and oxygen atoms in total. The van der Waals surface area contributed by atoms with E-state index >= 15 is 19.2 Å². The number of aliphatic hydroxyl groups is 2. The number of aliphatic hydroxyl groups excluding tert-OH is 2. The lowest BCUT2D eigenvalue weighted by Gasteiger charge is -2.31. The Morgan fingerprint density at radius 2 is 1.06 bits per heavy atom. The number of likely N-dealkylation sites (N-methyl/N-ethyl adjacent to an activating group) is 1. The van der Waals surface area contributed by atoms with Gasteiger partial charge in [-0.05, 0) is 109 Å². The Morgan fingerprint density at radius 3 is 1.75 bits per heavy atom. The molecule has 88 heavy (non-hydrogen) atoms. The molecule has 0 saturated carbocycles. The first-order valence-electron chi connectivity index (χ1n) is 26.5. The molecule has 6 aliphatic rings. The SMILES string of the molecule is CNC1C(=O)NC2C(=O)NC(C(=O)NC3C(=O)NC4C(=O)NC(C(=O)NC(C(=O)O)c5cc(O)cc(O)c5-c5c(O)cccc54)C(O)c4ccc(c(Cl)c4)Oc4cc3cc(c4O)Oc3ccc(cc3)C2O)c2cc(c(C)c(O)c2Cl)Oc2cc1ccc2O. The number of amides is 6. The number of carboxylic acids is 1. The number of hydrogen-bond acceptors (Lipinski definition) is 19. The summed E-state index contributed by atoms with van der Waals surface area (Å²) in [4.78, 5) is 104. The molecule has 452 valence electrons. The molecule has 0 spiro atoms. The molecule has 7 aromatic rings. The molecule has 6 heterocycles. The van der Waals surface area contributed by atoms with Crippen molar-refractivity contribution in [3.63, 3.8) is 0 Å². The van der Waals surface area contributed by atoms with Gasteiger partial charge in [-0.25, -0.2) is 4.79 Å². The van der Waals surface area contributed by atoms with Crippen molar-refractivity contribution in [3.8, 4) is 80.1 Å². The van der Waals surface area contributed by atoms with Crippen LogP contribution in [0.25, 0.3) is 11.1 Å². The monoisotopic (exact) mass is 1240 g/mol. The van der Waals surface area contributed by atoms with Gasteiger partial charge in [0.15, 0.2) is 29.0 Å². The van der Waals surface area contributed by atoms with Gasteiger partial charge >= 0.3 is 5.97 Å². The van der Waals surface area contributed by atoms with Crippen LogP contribution in [0.3, 0.4) is 0 Å². The smallest absolute Gasteiger partial charge is 0.330 e. The Morgan fingerprint density at radius 1 is 0.489 bits per heavy atom. The Bertz CT molecular complexity index is 4130. The van der Waals surface area contributed by atoms with E-state index in [9.17, 15) is 60.3 Å². The van der Waals surface area contributed by atoms with Gasteiger partial charge in [0.05, 0.1) is 10.0 Å². The number of hydrogen-bond donors (Lipinski definition) is 16. The Hall–Kier alpha value is -10.5. The van der Waals surface area contributed by atoms with E-state index in [0.717, 1.165) is 48.5 Å². The summed E-state index contributed by atoms with van der Waals surface area (Å²) < 4.78 is 18.6. The highest BCUT2D eigenvalue weighted by molar-refractivity contribution is 6.33. The predicted octanol–water partition coefficient (Wildman–Crippen LogP) is 5.04. The maximum Gasteiger partial charge on any atom is 0.330 e. The zero-order valence-electron chi connectivity index (χ0n) is 45.5. The summed E-state index contributed by atoms with van der Waals surface area (Å²) >= 11 is 13.7. The molecule has 16 N–H and O–H groups in total. The number of carbonyl (C=O) groups excluding carboxylic acids is 6. The van der Waals surface area contributed by atoms with Gasteiger partial charge < -0.3 is 97.4 Å². The summed E-state index contributed by atoms with van der Waals surface area (Å²) in [5.41, 5.74) is -3.21. The maximum atomic E-state index is 15.9. The molecule has 15 bridgehead atoms. The lowest BCUT2D eigenvalue weighted by Crippen LogP contribution is -2.55. The van der Waals surface area contributed by atoms with Crippen molar-refractivity contribution in [1.29, 1.82) is 0 Å². The predicted molar refractivity (Wildman–Crippen MR) is 306 cm³/mol. The van der Waals surface area contributed by atoms with Gasteiger partial charge in [0.2, 0.25) is 41.2 Å². The van der Waals surface area contributed by atoms with Gasteiger partial charge in [0, 0.05) is 33.9 Å². The van der Waals surface area contributed by atoms with E-state index in [4.69, 9.17) is 37.4 Å². The average Bonchev–Trinajstić information content (AvgIpc) is 1.65. The van der Waals surface area contributed by atoms with Crippen LogP contribution in [0.2, 0.25) is 10.0 Å². The van der Waals surface area contributed by atoms with Crippen molar-refractivity contribution in [2.45, 2.75) is 61.4 Å². The summed E-state index contributed by atoms with van der Waals surface area (Å²) in [6, 6.07) is 6.11. The standard InChI is InChI=1S/C60H49Cl2N7O19/c1-21-36-20-30(42(62)50(21)74)46-57(81)64-44-25-16-38(86-27-10-6-22(7-11-27)51(75)48(58(82)66-46)68-54(78)43(63-2)23-8-12-32(71)37(15-23)88-36)53(77)39(17-25)87-35-13-9-24(14-31(35)61)52(76)49-59(83)67-47(60(84)85)29-18-26(70)19-34(73)41(29)40-28(4-3-5-33(40)72)45(56(80)69-49)65-55(44)79/h3-20,43-49,51-52,63,70-77H,1-2H3,(H,64,81)(H,65,79)(H,66,82)(H,67,83)(H,68,78)(H,69,80)(H,84,85). The number of fused-ring (bicyclic) bond motifs is 13. The molecule has 0 aliphatic carbocycles. The Labute approximate surface area is 505 Å². The van der Waals surface area contributed by atoms with Crippen molar-refractivity contribution in [1.82, 2.24) is 37.2 Å². The van der Waals surface area contributed by atoms with E-state index < -0.39 is 175 Å². The van der Waals surface area contributed by atoms with E-state index in [1.165, 1.54) is 74.6 Å². The molecule has 0 saturated heterocycles. The molecule has 6 amide bonds. The second kappa shape index (κ2) is 23.1. The maximum absolute atomic E-state index is 15.9. The minimum absolute atomic E-state index is 0.0210. The van der Waals surface area contributed by atoms with E-state index in [-0.39, 0.29) is 55.8 Å². The molecule has 13 rings (SSSR count). The molecule has 9 atom stereocenters. The number of phenolic OH excluding ortho intramolecular Hbond substituents is 6. The number of rotatable bonds is 2. The highest BCUT2D eigenvalue weighted by Gasteiger charge is 2.43. The zero-order valence-corrected chi connectivity index (χ0v) is 47.0. The number of benzene rings is 7. The highest BCUT2D eigenvalue weighted by Crippen LogP contribution is 2.50. The number of carbonyl (C=O) groups is 7. The summed E-state index contributed by atoms with van der Waals surface area (Å²) in [6.45, 7) is 1.36. The van der Waals surface area contributed by atoms with Gasteiger partial charge in [0.25, 0.3) is 0 Å². The second-order valence-corrected chi connectivity index (χ2v) is 21.6. The van der Waals surface area contributed by atoms with Crippen LogP contribution in [-0.2, 0) is 33.6 Å². The number of halogens is 2. The van der Waals surface area contributed by atoms with Crippen LogP contribution in [0, 0.1) is 6.92 Å². The first-order valence-corrected chi connectivity index (χ1v) is 27.3. The summed E-state index contributed by atoms with van der Waals surface area (Å²) in [5, 5.41) is 121. The molecule has 0 fully saturated rings. The van der Waals surface area contributed by atoms with E-state index in [0.29, 0.717) is 0 Å². The fourth-order valence-corrected chi connectivity index (χ4v) is 11.3. The number of aromatic hydroxyl groups is 6. The fourth-order valence-electron chi connectivity index (χ4n) is 10.8. The lowest BCUT2D eigenvalue weighted by atomic mass is 9.87. The molecular weight excluding hydrogens is 1190 g/mol. The molecule has 9 unspecified atom stereocenters. The number of phenols is 6. The quantitative estimate of drug-likeness (QED) is 0.108. The molecule has 0 radical (unpaired) electrons. The average molecular weight is 1240 g/mol.